The molecule has 0 unspecified atom stereocenters. The number of allylic oxidation sites excluding steroid dienone is 2. The normalized spacial score (nSPS) is 13.3. The van der Waals surface area contributed by atoms with E-state index in [1.54, 1.807) is 6.20 Å². The molecule has 6 aromatic rings. The van der Waals surface area contributed by atoms with Crippen molar-refractivity contribution in [1.29, 1.82) is 0 Å². The Hall–Kier alpha value is -5.28. The van der Waals surface area contributed by atoms with E-state index in [-0.39, 0.29) is 0 Å². The van der Waals surface area contributed by atoms with Crippen LogP contribution in [0.2, 0.25) is 0 Å². The van der Waals surface area contributed by atoms with Gasteiger partial charge in [0.05, 0.1) is 16.6 Å². The van der Waals surface area contributed by atoms with Gasteiger partial charge in [0.15, 0.2) is 0 Å². The molecule has 0 amide bonds. The molecule has 1 aliphatic carbocycles. The molecular formula is C37H27N3. The van der Waals surface area contributed by atoms with Gasteiger partial charge < -0.3 is 4.57 Å². The van der Waals surface area contributed by atoms with Gasteiger partial charge in [-0.25, -0.2) is 4.98 Å². The van der Waals surface area contributed by atoms with Crippen LogP contribution < -0.4 is 0 Å². The number of pyridine rings is 1. The van der Waals surface area contributed by atoms with Crippen LogP contribution >= 0.6 is 0 Å². The summed E-state index contributed by atoms with van der Waals surface area (Å²) in [6.07, 6.45) is 5.59. The fourth-order valence-electron chi connectivity index (χ4n) is 6.31. The highest BCUT2D eigenvalue weighted by atomic mass is 15.1. The fraction of sp³-hybridized carbons (Fsp3) is 0.0270. The summed E-state index contributed by atoms with van der Waals surface area (Å²) in [5.74, 6) is 0.844. The molecule has 1 aliphatic rings. The number of aromatic nitrogens is 2. The van der Waals surface area contributed by atoms with Crippen LogP contribution in [0.25, 0.3) is 33.4 Å². The molecule has 2 heterocycles. The maximum absolute atomic E-state index is 5.00. The van der Waals surface area contributed by atoms with Gasteiger partial charge in [0, 0.05) is 23.3 Å². The third kappa shape index (κ3) is 3.45. The first kappa shape index (κ1) is 23.8. The van der Waals surface area contributed by atoms with E-state index >= 15 is 0 Å². The lowest BCUT2D eigenvalue weighted by Gasteiger charge is -2.33. The average Bonchev–Trinajstić information content (AvgIpc) is 3.58. The topological polar surface area (TPSA) is 30.2 Å². The predicted molar refractivity (Wildman–Crippen MR) is 166 cm³/mol. The summed E-state index contributed by atoms with van der Waals surface area (Å²) in [6, 6.07) is 43.4. The molecule has 0 spiro atoms. The fourth-order valence-corrected chi connectivity index (χ4v) is 6.31. The summed E-state index contributed by atoms with van der Waals surface area (Å²) in [4.78, 5) is 8.82. The average molecular weight is 514 g/mol. The second-order valence-electron chi connectivity index (χ2n) is 10.0. The molecule has 3 heteroatoms. The van der Waals surface area contributed by atoms with Gasteiger partial charge >= 0.3 is 0 Å². The van der Waals surface area contributed by atoms with Crippen molar-refractivity contribution < 1.29 is 0 Å². The molecule has 2 aromatic heterocycles. The number of hydrogen-bond acceptors (Lipinski definition) is 2. The molecule has 0 N–H and O–H groups in total. The first-order valence-electron chi connectivity index (χ1n) is 13.4. The first-order chi connectivity index (χ1) is 19.7. The Balaban J connectivity index is 1.56. The molecule has 3 nitrogen and oxygen atoms in total. The van der Waals surface area contributed by atoms with Crippen molar-refractivity contribution in [2.75, 3.05) is 0 Å². The van der Waals surface area contributed by atoms with Crippen LogP contribution in [-0.2, 0) is 5.41 Å². The van der Waals surface area contributed by atoms with E-state index < -0.39 is 5.41 Å². The Morgan fingerprint density at radius 3 is 2.15 bits per heavy atom. The smallest absolute Gasteiger partial charge is 0.137 e. The van der Waals surface area contributed by atoms with Crippen molar-refractivity contribution in [1.82, 2.24) is 9.55 Å². The Kier molecular flexibility index (Phi) is 5.64. The van der Waals surface area contributed by atoms with E-state index in [1.165, 1.54) is 38.8 Å². The molecule has 40 heavy (non-hydrogen) atoms. The molecule has 0 aliphatic heterocycles. The number of rotatable bonds is 6. The van der Waals surface area contributed by atoms with Crippen LogP contribution in [0.1, 0.15) is 27.9 Å². The zero-order chi connectivity index (χ0) is 27.1. The Morgan fingerprint density at radius 1 is 0.725 bits per heavy atom. The third-order valence-electron chi connectivity index (χ3n) is 7.96. The highest BCUT2D eigenvalue weighted by Gasteiger charge is 2.46. The van der Waals surface area contributed by atoms with Crippen LogP contribution in [0.5, 0.6) is 0 Å². The summed E-state index contributed by atoms with van der Waals surface area (Å²) in [7, 11) is 0. The highest BCUT2D eigenvalue weighted by molar-refractivity contribution is 6.03. The standard InChI is InChI=1S/C37H27N3/c1-26(22-24-38-2)33-18-11-19-34(39-33)40-25-23-27-20-21-32-35(36(27)40)30-16-9-10-17-31(30)37(32,28-12-5-3-6-13-28)29-14-7-4-8-15-29/h3-25H,1-2H2. The van der Waals surface area contributed by atoms with Crippen molar-refractivity contribution in [3.8, 4) is 16.9 Å². The minimum atomic E-state index is -0.441. The SMILES string of the molecule is C=NC=CC(=C)c1cccc(-n2ccc3ccc4c(c32)-c2ccccc2C4(c2ccccc2)c2ccccc2)n1. The van der Waals surface area contributed by atoms with Crippen molar-refractivity contribution in [3.05, 3.63) is 174 Å². The summed E-state index contributed by atoms with van der Waals surface area (Å²) in [6.45, 7) is 7.70. The predicted octanol–water partition coefficient (Wildman–Crippen LogP) is 8.62. The summed E-state index contributed by atoms with van der Waals surface area (Å²) >= 11 is 0. The molecule has 0 saturated heterocycles. The van der Waals surface area contributed by atoms with E-state index in [1.807, 2.05) is 24.3 Å². The summed E-state index contributed by atoms with van der Waals surface area (Å²) in [5.41, 5.74) is 9.86. The van der Waals surface area contributed by atoms with Crippen molar-refractivity contribution in [2.24, 2.45) is 4.99 Å². The minimum Gasteiger partial charge on any atom is -0.301 e. The second-order valence-corrected chi connectivity index (χ2v) is 10.0. The van der Waals surface area contributed by atoms with Crippen LogP contribution in [0.4, 0.5) is 0 Å². The number of aliphatic imine (C=N–C) groups is 1. The number of benzene rings is 4. The number of nitrogens with zero attached hydrogens (tertiary/aromatic N) is 3. The molecule has 0 fully saturated rings. The lowest BCUT2D eigenvalue weighted by molar-refractivity contribution is 0.769. The van der Waals surface area contributed by atoms with E-state index in [0.717, 1.165) is 22.6 Å². The van der Waals surface area contributed by atoms with E-state index in [0.29, 0.717) is 0 Å². The Bertz CT molecular complexity index is 1890. The summed E-state index contributed by atoms with van der Waals surface area (Å²) in [5, 5.41) is 1.17. The minimum absolute atomic E-state index is 0.441. The monoisotopic (exact) mass is 513 g/mol. The maximum Gasteiger partial charge on any atom is 0.137 e. The molecule has 4 aromatic carbocycles. The van der Waals surface area contributed by atoms with Crippen LogP contribution in [0.3, 0.4) is 0 Å². The van der Waals surface area contributed by atoms with Crippen LogP contribution in [-0.4, -0.2) is 16.3 Å². The first-order valence-corrected chi connectivity index (χ1v) is 13.4. The number of hydrogen-bond donors (Lipinski definition) is 0. The van der Waals surface area contributed by atoms with Crippen LogP contribution in [0, 0.1) is 0 Å². The van der Waals surface area contributed by atoms with Gasteiger partial charge in [-0.15, -0.1) is 0 Å². The van der Waals surface area contributed by atoms with Gasteiger partial charge in [0.1, 0.15) is 5.82 Å². The molecule has 7 rings (SSSR count). The quantitative estimate of drug-likeness (QED) is 0.162. The highest BCUT2D eigenvalue weighted by Crippen LogP contribution is 2.57. The van der Waals surface area contributed by atoms with E-state index in [4.69, 9.17) is 4.98 Å². The van der Waals surface area contributed by atoms with Gasteiger partial charge in [0.2, 0.25) is 0 Å². The second kappa shape index (κ2) is 9.48. The van der Waals surface area contributed by atoms with Crippen LogP contribution in [0.15, 0.2) is 151 Å². The Morgan fingerprint density at radius 2 is 1.43 bits per heavy atom. The molecular weight excluding hydrogens is 486 g/mol. The van der Waals surface area contributed by atoms with Crippen molar-refractivity contribution >= 4 is 23.2 Å². The molecule has 0 bridgehead atoms. The van der Waals surface area contributed by atoms with E-state index in [9.17, 15) is 0 Å². The van der Waals surface area contributed by atoms with Crippen molar-refractivity contribution in [2.45, 2.75) is 5.41 Å². The molecule has 190 valence electrons. The van der Waals surface area contributed by atoms with Gasteiger partial charge in [0.25, 0.3) is 0 Å². The zero-order valence-electron chi connectivity index (χ0n) is 22.0. The Labute approximate surface area is 234 Å². The lowest BCUT2D eigenvalue weighted by Crippen LogP contribution is -2.28. The third-order valence-corrected chi connectivity index (χ3v) is 7.96. The largest absolute Gasteiger partial charge is 0.301 e. The zero-order valence-corrected chi connectivity index (χ0v) is 22.0. The molecule has 0 atom stereocenters. The molecule has 0 saturated carbocycles. The van der Waals surface area contributed by atoms with Gasteiger partial charge in [-0.1, -0.05) is 110 Å². The lowest BCUT2D eigenvalue weighted by atomic mass is 9.67. The summed E-state index contributed by atoms with van der Waals surface area (Å²) < 4.78 is 2.21. The van der Waals surface area contributed by atoms with Gasteiger partial charge in [-0.05, 0) is 64.4 Å². The van der Waals surface area contributed by atoms with Gasteiger partial charge in [-0.3, -0.25) is 4.99 Å². The number of fused-ring (bicyclic) bond motifs is 5. The molecule has 0 radical (unpaired) electrons. The van der Waals surface area contributed by atoms with E-state index in [2.05, 4.69) is 132 Å². The van der Waals surface area contributed by atoms with Gasteiger partial charge in [-0.2, -0.15) is 0 Å². The van der Waals surface area contributed by atoms with Crippen molar-refractivity contribution in [3.63, 3.8) is 0 Å². The maximum atomic E-state index is 5.00.